The number of esters is 1. The van der Waals surface area contributed by atoms with E-state index in [4.69, 9.17) is 24.0 Å². The highest BCUT2D eigenvalue weighted by molar-refractivity contribution is 6.47. The number of halogens is 3. The van der Waals surface area contributed by atoms with Crippen molar-refractivity contribution in [3.8, 4) is 5.75 Å². The van der Waals surface area contributed by atoms with Crippen LogP contribution in [0, 0.1) is 0 Å². The lowest BCUT2D eigenvalue weighted by atomic mass is 9.85. The number of hydrogen-bond donors (Lipinski definition) is 0. The van der Waals surface area contributed by atoms with Crippen molar-refractivity contribution in [2.45, 2.75) is 46.4 Å². The zero-order chi connectivity index (χ0) is 31.6. The molecule has 0 spiro atoms. The van der Waals surface area contributed by atoms with Crippen LogP contribution >= 0.6 is 0 Å². The summed E-state index contributed by atoms with van der Waals surface area (Å²) < 4.78 is 49.5. The molecular weight excluding hydrogens is 567 g/mol. The van der Waals surface area contributed by atoms with Gasteiger partial charge in [-0.2, -0.15) is 13.2 Å². The lowest BCUT2D eigenvalue weighted by molar-refractivity contribution is -0.137. The Balaban J connectivity index is 1.73. The minimum absolute atomic E-state index is 0.0323. The number of benzene rings is 2. The Bertz CT molecular complexity index is 1460. The van der Waals surface area contributed by atoms with E-state index in [1.807, 2.05) is 13.8 Å². The molecule has 1 aliphatic carbocycles. The second-order valence-electron chi connectivity index (χ2n) is 9.69. The molecule has 0 bridgehead atoms. The molecule has 3 rings (SSSR count). The minimum atomic E-state index is -4.42. The number of allylic oxidation sites excluding steroid dienone is 2. The van der Waals surface area contributed by atoms with E-state index in [1.54, 1.807) is 37.3 Å². The largest absolute Gasteiger partial charge is 0.489 e. The number of carbonyl (C=O) groups is 1. The summed E-state index contributed by atoms with van der Waals surface area (Å²) in [7, 11) is 4.04. The van der Waals surface area contributed by atoms with Gasteiger partial charge < -0.3 is 24.0 Å². The molecule has 0 unspecified atom stereocenters. The summed E-state index contributed by atoms with van der Waals surface area (Å²) in [6.45, 7) is 5.76. The van der Waals surface area contributed by atoms with Gasteiger partial charge in [0, 0.05) is 5.56 Å². The SMILES string of the molecule is CON=C(C(=O)OC)C1=C(CON=C(C)C(=NOC)c2ccc(OCc3cccc(C(F)(F)F)c3)cc2)CC(C)=C(C)C1. The van der Waals surface area contributed by atoms with E-state index in [0.29, 0.717) is 46.7 Å². The number of hydrogen-bond acceptors (Lipinski definition) is 9. The third kappa shape index (κ3) is 8.94. The molecule has 2 aromatic carbocycles. The minimum Gasteiger partial charge on any atom is -0.489 e. The van der Waals surface area contributed by atoms with Crippen LogP contribution in [0.4, 0.5) is 13.2 Å². The summed E-state index contributed by atoms with van der Waals surface area (Å²) in [5.74, 6) is -0.156. The third-order valence-corrected chi connectivity index (χ3v) is 6.68. The zero-order valence-electron chi connectivity index (χ0n) is 24.9. The zero-order valence-corrected chi connectivity index (χ0v) is 24.9. The Labute approximate surface area is 248 Å². The van der Waals surface area contributed by atoms with Gasteiger partial charge in [0.2, 0.25) is 0 Å². The van der Waals surface area contributed by atoms with Crippen molar-refractivity contribution in [1.82, 2.24) is 0 Å². The summed E-state index contributed by atoms with van der Waals surface area (Å²) in [5, 5.41) is 12.2. The predicted molar refractivity (Wildman–Crippen MR) is 156 cm³/mol. The van der Waals surface area contributed by atoms with Crippen LogP contribution in [-0.4, -0.2) is 51.0 Å². The highest BCUT2D eigenvalue weighted by Gasteiger charge is 2.30. The highest BCUT2D eigenvalue weighted by atomic mass is 19.4. The maximum atomic E-state index is 13.0. The Morgan fingerprint density at radius 2 is 1.51 bits per heavy atom. The molecule has 9 nitrogen and oxygen atoms in total. The molecule has 0 saturated heterocycles. The lowest BCUT2D eigenvalue weighted by Gasteiger charge is -2.22. The molecule has 12 heteroatoms. The van der Waals surface area contributed by atoms with Crippen LogP contribution in [-0.2, 0) is 36.8 Å². The number of methoxy groups -OCH3 is 1. The van der Waals surface area contributed by atoms with Crippen molar-refractivity contribution in [3.63, 3.8) is 0 Å². The number of carbonyl (C=O) groups excluding carboxylic acids is 1. The Morgan fingerprint density at radius 3 is 2.14 bits per heavy atom. The maximum absolute atomic E-state index is 13.0. The predicted octanol–water partition coefficient (Wildman–Crippen LogP) is 6.63. The van der Waals surface area contributed by atoms with E-state index in [-0.39, 0.29) is 18.9 Å². The third-order valence-electron chi connectivity index (χ3n) is 6.68. The molecule has 0 amide bonds. The molecule has 0 aromatic heterocycles. The second-order valence-corrected chi connectivity index (χ2v) is 9.69. The van der Waals surface area contributed by atoms with Gasteiger partial charge in [0.15, 0.2) is 5.71 Å². The smallest absolute Gasteiger partial charge is 0.416 e. The molecule has 0 heterocycles. The fraction of sp³-hybridized carbons (Fsp3) is 0.355. The van der Waals surface area contributed by atoms with Gasteiger partial charge in [0.05, 0.1) is 12.7 Å². The molecule has 0 radical (unpaired) electrons. The molecule has 230 valence electrons. The lowest BCUT2D eigenvalue weighted by Crippen LogP contribution is -2.23. The van der Waals surface area contributed by atoms with Gasteiger partial charge in [-0.3, -0.25) is 0 Å². The fourth-order valence-corrected chi connectivity index (χ4v) is 4.29. The topological polar surface area (TPSA) is 100 Å². The molecule has 43 heavy (non-hydrogen) atoms. The number of ether oxygens (including phenoxy) is 2. The van der Waals surface area contributed by atoms with Crippen LogP contribution in [0.15, 0.2) is 86.3 Å². The van der Waals surface area contributed by atoms with E-state index >= 15 is 0 Å². The van der Waals surface area contributed by atoms with Crippen molar-refractivity contribution >= 4 is 23.1 Å². The van der Waals surface area contributed by atoms with E-state index < -0.39 is 17.7 Å². The van der Waals surface area contributed by atoms with Crippen molar-refractivity contribution < 1.29 is 42.0 Å². The summed E-state index contributed by atoms with van der Waals surface area (Å²) in [6, 6.07) is 11.8. The monoisotopic (exact) mass is 601 g/mol. The quantitative estimate of drug-likeness (QED) is 0.117. The highest BCUT2D eigenvalue weighted by Crippen LogP contribution is 2.32. The molecule has 0 atom stereocenters. The molecule has 1 aliphatic rings. The maximum Gasteiger partial charge on any atom is 0.416 e. The molecule has 0 saturated carbocycles. The van der Waals surface area contributed by atoms with Crippen LogP contribution in [0.1, 0.15) is 50.3 Å². The second kappa shape index (κ2) is 15.0. The molecule has 0 aliphatic heterocycles. The summed E-state index contributed by atoms with van der Waals surface area (Å²) in [5.41, 5.74) is 4.94. The number of alkyl halides is 3. The van der Waals surface area contributed by atoms with Crippen LogP contribution in [0.3, 0.4) is 0 Å². The van der Waals surface area contributed by atoms with Crippen molar-refractivity contribution in [1.29, 1.82) is 0 Å². The summed E-state index contributed by atoms with van der Waals surface area (Å²) >= 11 is 0. The molecule has 2 aromatic rings. The van der Waals surface area contributed by atoms with E-state index in [9.17, 15) is 18.0 Å². The standard InChI is InChI=1S/C31H34F3N3O6/c1-19-14-24(27(15-20(19)2)29(37-41-6)30(38)39-4)18-43-35-21(3)28(36-40-5)23-10-12-26(13-11-23)42-17-22-8-7-9-25(16-22)31(32,33)34/h7-13,16H,14-15,17-18H2,1-6H3. The fourth-order valence-electron chi connectivity index (χ4n) is 4.29. The molecule has 0 fully saturated rings. The normalized spacial score (nSPS) is 15.0. The first-order valence-electron chi connectivity index (χ1n) is 13.2. The van der Waals surface area contributed by atoms with E-state index in [2.05, 4.69) is 15.5 Å². The van der Waals surface area contributed by atoms with Gasteiger partial charge >= 0.3 is 12.1 Å². The number of nitrogens with zero attached hydrogens (tertiary/aromatic N) is 3. The van der Waals surface area contributed by atoms with E-state index in [1.165, 1.54) is 27.4 Å². The van der Waals surface area contributed by atoms with Gasteiger partial charge in [-0.05, 0) is 86.7 Å². The number of rotatable bonds is 12. The first-order chi connectivity index (χ1) is 20.5. The van der Waals surface area contributed by atoms with Crippen LogP contribution < -0.4 is 4.74 Å². The Hall–Kier alpha value is -4.61. The Kier molecular flexibility index (Phi) is 11.5. The van der Waals surface area contributed by atoms with Gasteiger partial charge in [0.25, 0.3) is 0 Å². The molecular formula is C31H34F3N3O6. The van der Waals surface area contributed by atoms with Gasteiger partial charge in [-0.15, -0.1) is 0 Å². The van der Waals surface area contributed by atoms with Crippen molar-refractivity contribution in [3.05, 3.63) is 87.5 Å². The van der Waals surface area contributed by atoms with Gasteiger partial charge in [-0.1, -0.05) is 38.7 Å². The van der Waals surface area contributed by atoms with Crippen LogP contribution in [0.2, 0.25) is 0 Å². The summed E-state index contributed by atoms with van der Waals surface area (Å²) in [6.07, 6.45) is -3.37. The average Bonchev–Trinajstić information content (AvgIpc) is 2.99. The average molecular weight is 602 g/mol. The summed E-state index contributed by atoms with van der Waals surface area (Å²) in [4.78, 5) is 28.0. The van der Waals surface area contributed by atoms with Crippen molar-refractivity contribution in [2.24, 2.45) is 15.5 Å². The van der Waals surface area contributed by atoms with Gasteiger partial charge in [0.1, 0.15) is 44.6 Å². The van der Waals surface area contributed by atoms with Gasteiger partial charge in [-0.25, -0.2) is 4.79 Å². The van der Waals surface area contributed by atoms with Crippen molar-refractivity contribution in [2.75, 3.05) is 27.9 Å². The Morgan fingerprint density at radius 1 is 0.860 bits per heavy atom. The van der Waals surface area contributed by atoms with E-state index in [0.717, 1.165) is 28.9 Å². The first kappa shape index (κ1) is 32.9. The molecule has 0 N–H and O–H groups in total. The van der Waals surface area contributed by atoms with Crippen LogP contribution in [0.5, 0.6) is 5.75 Å². The number of oxime groups is 3. The van der Waals surface area contributed by atoms with Crippen LogP contribution in [0.25, 0.3) is 0 Å². The first-order valence-corrected chi connectivity index (χ1v) is 13.2.